The highest BCUT2D eigenvalue weighted by Gasteiger charge is 2.33. The minimum atomic E-state index is -4.65. The highest BCUT2D eigenvalue weighted by atomic mass is 35.5. The van der Waals surface area contributed by atoms with Crippen LogP contribution in [-0.2, 0) is 17.0 Å². The Morgan fingerprint density at radius 2 is 1.66 bits per heavy atom. The summed E-state index contributed by atoms with van der Waals surface area (Å²) in [5.74, 6) is 0.0395. The van der Waals surface area contributed by atoms with Gasteiger partial charge >= 0.3 is 6.18 Å². The van der Waals surface area contributed by atoms with Gasteiger partial charge in [0.05, 0.1) is 26.4 Å². The summed E-state index contributed by atoms with van der Waals surface area (Å²) in [6.45, 7) is 5.44. The number of nitrogens with two attached hydrogens (primary N) is 1. The lowest BCUT2D eigenvalue weighted by Gasteiger charge is -2.16. The quantitative estimate of drug-likeness (QED) is 0.367. The number of rotatable bonds is 4. The number of nitrogen functional groups attached to an aromatic ring is 1. The second-order valence-electron chi connectivity index (χ2n) is 8.12. The smallest absolute Gasteiger partial charge is 0.416 e. The van der Waals surface area contributed by atoms with E-state index in [0.717, 1.165) is 39.0 Å². The lowest BCUT2D eigenvalue weighted by Crippen LogP contribution is -2.09. The van der Waals surface area contributed by atoms with Crippen molar-refractivity contribution in [3.8, 4) is 22.7 Å². The zero-order chi connectivity index (χ0) is 25.8. The van der Waals surface area contributed by atoms with E-state index in [4.69, 9.17) is 28.9 Å². The molecule has 14 heteroatoms. The van der Waals surface area contributed by atoms with Crippen LogP contribution in [-0.4, -0.2) is 41.9 Å². The summed E-state index contributed by atoms with van der Waals surface area (Å²) in [6.07, 6.45) is -3.25. The van der Waals surface area contributed by atoms with Gasteiger partial charge in [-0.05, 0) is 32.9 Å². The summed E-state index contributed by atoms with van der Waals surface area (Å²) < 4.78 is 53.1. The Balaban J connectivity index is 1.89. The van der Waals surface area contributed by atoms with Gasteiger partial charge in [-0.25, -0.2) is 9.78 Å². The molecule has 0 saturated carbocycles. The summed E-state index contributed by atoms with van der Waals surface area (Å²) in [5, 5.41) is 10.9. The molecule has 1 unspecified atom stereocenters. The molecule has 3 N–H and O–H groups in total. The molecule has 0 bridgehead atoms. The van der Waals surface area contributed by atoms with E-state index in [0.29, 0.717) is 0 Å². The third kappa shape index (κ3) is 4.62. The van der Waals surface area contributed by atoms with E-state index < -0.39 is 29.2 Å². The third-order valence-corrected chi connectivity index (χ3v) is 7.04. The summed E-state index contributed by atoms with van der Waals surface area (Å²) in [7, 11) is -1.64. The monoisotopic (exact) mass is 541 g/mol. The normalized spacial score (nSPS) is 12.8. The SMILES string of the molecule is Cc1cc(C)c(-[b-]2nc(-c3nn(-c4c(Cl)cc(C(F)(F)F)cc4Cl)c(N)c3S(C)=O)n[nH]2)c(C)c1. The Morgan fingerprint density at radius 3 is 2.17 bits per heavy atom. The summed E-state index contributed by atoms with van der Waals surface area (Å²) in [5.41, 5.74) is 9.33. The van der Waals surface area contributed by atoms with Crippen molar-refractivity contribution in [3.05, 3.63) is 56.6 Å². The number of nitrogens with zero attached hydrogens (tertiary/aromatic N) is 4. The number of benzene rings is 2. The predicted octanol–water partition coefficient (Wildman–Crippen LogP) is 5.24. The standard InChI is InChI=1S/C21H19BCl2F3N6OS/c1-9-5-10(2)15(11(3)6-9)22-29-20(30-32-22)16-18(35(4)34)19(28)33(31-16)17-13(23)7-12(8-14(17)24)21(25,26)27/h5-8,32H,28H2,1-4H3/q-1. The van der Waals surface area contributed by atoms with E-state index in [2.05, 4.69) is 20.1 Å². The van der Waals surface area contributed by atoms with Gasteiger partial charge in [0, 0.05) is 6.26 Å². The Bertz CT molecular complexity index is 1450. The molecule has 0 amide bonds. The number of aromatic nitrogens is 5. The molecule has 2 aromatic carbocycles. The first-order valence-electron chi connectivity index (χ1n) is 10.2. The number of halogens is 5. The average Bonchev–Trinajstić information content (AvgIpc) is 3.31. The van der Waals surface area contributed by atoms with Gasteiger partial charge in [-0.3, -0.25) is 4.21 Å². The van der Waals surface area contributed by atoms with Crippen molar-refractivity contribution in [2.75, 3.05) is 12.0 Å². The molecule has 0 aliphatic carbocycles. The minimum absolute atomic E-state index is 0.0786. The van der Waals surface area contributed by atoms with Crippen LogP contribution in [0.25, 0.3) is 22.7 Å². The first-order chi connectivity index (χ1) is 16.3. The maximum atomic E-state index is 13.2. The average molecular weight is 542 g/mol. The van der Waals surface area contributed by atoms with Crippen molar-refractivity contribution in [3.63, 3.8) is 0 Å². The molecule has 0 aliphatic rings. The molecule has 1 atom stereocenters. The fourth-order valence-electron chi connectivity index (χ4n) is 4.12. The number of alkyl halides is 3. The van der Waals surface area contributed by atoms with Crippen LogP contribution in [0.3, 0.4) is 0 Å². The lowest BCUT2D eigenvalue weighted by atomic mass is 9.73. The first-order valence-corrected chi connectivity index (χ1v) is 12.5. The van der Waals surface area contributed by atoms with Crippen molar-refractivity contribution in [2.45, 2.75) is 31.8 Å². The van der Waals surface area contributed by atoms with Gasteiger partial charge in [0.2, 0.25) is 0 Å². The molecule has 7 nitrogen and oxygen atoms in total. The van der Waals surface area contributed by atoms with Crippen LogP contribution in [0.4, 0.5) is 19.0 Å². The summed E-state index contributed by atoms with van der Waals surface area (Å²) in [6, 6.07) is 5.52. The van der Waals surface area contributed by atoms with Crippen molar-refractivity contribution in [1.29, 1.82) is 0 Å². The molecule has 0 fully saturated rings. The maximum absolute atomic E-state index is 13.2. The zero-order valence-corrected chi connectivity index (χ0v) is 21.3. The molecule has 0 spiro atoms. The summed E-state index contributed by atoms with van der Waals surface area (Å²) in [4.78, 5) is 4.73. The van der Waals surface area contributed by atoms with E-state index in [1.807, 2.05) is 32.9 Å². The van der Waals surface area contributed by atoms with Gasteiger partial charge in [-0.2, -0.15) is 23.7 Å². The Morgan fingerprint density at radius 1 is 1.09 bits per heavy atom. The molecule has 2 heterocycles. The molecule has 35 heavy (non-hydrogen) atoms. The summed E-state index contributed by atoms with van der Waals surface area (Å²) >= 11 is 12.3. The molecular weight excluding hydrogens is 523 g/mol. The topological polar surface area (TPSA) is 102 Å². The molecule has 4 rings (SSSR count). The molecule has 0 saturated heterocycles. The van der Waals surface area contributed by atoms with Crippen molar-refractivity contribution < 1.29 is 17.4 Å². The van der Waals surface area contributed by atoms with Crippen LogP contribution >= 0.6 is 23.2 Å². The predicted molar refractivity (Wildman–Crippen MR) is 132 cm³/mol. The zero-order valence-electron chi connectivity index (χ0n) is 19.0. The van der Waals surface area contributed by atoms with Gasteiger partial charge in [-0.15, -0.1) is 0 Å². The number of hydrogen-bond acceptors (Lipinski definition) is 5. The first kappa shape index (κ1) is 25.4. The number of aromatic amines is 1. The minimum Gasteiger partial charge on any atom is -0.470 e. The van der Waals surface area contributed by atoms with Crippen molar-refractivity contribution in [2.24, 2.45) is 0 Å². The molecular formula is C21H19BCl2F3N6OS-. The molecule has 4 aromatic rings. The van der Waals surface area contributed by atoms with Crippen LogP contribution in [0.1, 0.15) is 22.3 Å². The highest BCUT2D eigenvalue weighted by Crippen LogP contribution is 2.40. The van der Waals surface area contributed by atoms with E-state index in [9.17, 15) is 17.4 Å². The number of anilines is 1. The number of nitrogens with one attached hydrogen (secondary N) is 1. The van der Waals surface area contributed by atoms with Gasteiger partial charge in [0.15, 0.2) is 0 Å². The molecule has 0 aliphatic heterocycles. The molecule has 184 valence electrons. The molecule has 0 radical (unpaired) electrons. The van der Waals surface area contributed by atoms with Crippen LogP contribution in [0.15, 0.2) is 29.2 Å². The van der Waals surface area contributed by atoms with E-state index in [-0.39, 0.29) is 38.0 Å². The van der Waals surface area contributed by atoms with Crippen LogP contribution < -0.4 is 5.73 Å². The second-order valence-corrected chi connectivity index (χ2v) is 10.3. The van der Waals surface area contributed by atoms with Gasteiger partial charge < -0.3 is 15.6 Å². The van der Waals surface area contributed by atoms with Crippen LogP contribution in [0.2, 0.25) is 10.0 Å². The fraction of sp³-hybridized carbons (Fsp3) is 0.238. The Kier molecular flexibility index (Phi) is 6.58. The van der Waals surface area contributed by atoms with Gasteiger partial charge in [-0.1, -0.05) is 52.0 Å². The van der Waals surface area contributed by atoms with E-state index in [1.165, 1.54) is 6.26 Å². The van der Waals surface area contributed by atoms with E-state index in [1.54, 1.807) is 0 Å². The highest BCUT2D eigenvalue weighted by molar-refractivity contribution is 7.84. The van der Waals surface area contributed by atoms with Crippen LogP contribution in [0, 0.1) is 20.8 Å². The number of hydrogen-bond donors (Lipinski definition) is 2. The lowest BCUT2D eigenvalue weighted by molar-refractivity contribution is -0.137. The van der Waals surface area contributed by atoms with E-state index >= 15 is 0 Å². The fourth-order valence-corrected chi connectivity index (χ4v) is 5.55. The number of aryl methyl sites for hydroxylation is 3. The third-order valence-electron chi connectivity index (χ3n) is 5.49. The van der Waals surface area contributed by atoms with Crippen molar-refractivity contribution in [1.82, 2.24) is 24.8 Å². The van der Waals surface area contributed by atoms with Crippen molar-refractivity contribution >= 4 is 46.4 Å². The molecule has 2 aromatic heterocycles. The Labute approximate surface area is 211 Å². The van der Waals surface area contributed by atoms with Gasteiger partial charge in [0.25, 0.3) is 0 Å². The Hall–Kier alpha value is -2.70. The van der Waals surface area contributed by atoms with Crippen LogP contribution in [0.5, 0.6) is 0 Å². The van der Waals surface area contributed by atoms with Gasteiger partial charge in [0.1, 0.15) is 34.5 Å². The largest absolute Gasteiger partial charge is 0.470 e. The second kappa shape index (κ2) is 9.07. The maximum Gasteiger partial charge on any atom is 0.416 e. The number of H-pyrrole nitrogens is 1.